The fraction of sp³-hybridized carbons (Fsp3) is 0.316. The number of ether oxygens (including phenoxy) is 3. The van der Waals surface area contributed by atoms with E-state index in [2.05, 4.69) is 5.32 Å². The number of amides is 1. The number of nitrogens with one attached hydrogen (secondary N) is 1. The van der Waals surface area contributed by atoms with E-state index in [1.54, 1.807) is 24.3 Å². The zero-order chi connectivity index (χ0) is 17.6. The quantitative estimate of drug-likeness (QED) is 0.868. The van der Waals surface area contributed by atoms with Gasteiger partial charge in [0.25, 0.3) is 5.91 Å². The molecule has 0 saturated carbocycles. The molecule has 1 N–H and O–H groups in total. The van der Waals surface area contributed by atoms with Crippen LogP contribution in [-0.4, -0.2) is 32.3 Å². The van der Waals surface area contributed by atoms with Crippen LogP contribution in [-0.2, 0) is 4.74 Å². The summed E-state index contributed by atoms with van der Waals surface area (Å²) < 4.78 is 29.7. The topological polar surface area (TPSA) is 56.8 Å². The number of hydrogen-bond donors (Lipinski definition) is 1. The molecule has 1 heterocycles. The largest absolute Gasteiger partial charge is 0.494 e. The predicted molar refractivity (Wildman–Crippen MR) is 91.8 cm³/mol. The Morgan fingerprint density at radius 1 is 1.28 bits per heavy atom. The fourth-order valence-electron chi connectivity index (χ4n) is 2.61. The minimum absolute atomic E-state index is 0.101. The van der Waals surface area contributed by atoms with Crippen molar-refractivity contribution >= 4 is 11.6 Å². The Morgan fingerprint density at radius 3 is 2.72 bits per heavy atom. The van der Waals surface area contributed by atoms with Gasteiger partial charge in [-0.1, -0.05) is 0 Å². The highest BCUT2D eigenvalue weighted by Crippen LogP contribution is 2.21. The van der Waals surface area contributed by atoms with Crippen LogP contribution in [0, 0.1) is 5.82 Å². The summed E-state index contributed by atoms with van der Waals surface area (Å²) in [6.45, 7) is 1.32. The lowest BCUT2D eigenvalue weighted by Gasteiger charge is -2.12. The minimum atomic E-state index is -0.576. The molecule has 0 spiro atoms. The van der Waals surface area contributed by atoms with Crippen LogP contribution in [0.1, 0.15) is 23.2 Å². The van der Waals surface area contributed by atoms with E-state index in [0.29, 0.717) is 18.0 Å². The minimum Gasteiger partial charge on any atom is -0.494 e. The lowest BCUT2D eigenvalue weighted by atomic mass is 10.2. The molecule has 0 aromatic heterocycles. The summed E-state index contributed by atoms with van der Waals surface area (Å²) in [6, 6.07) is 11.1. The van der Waals surface area contributed by atoms with E-state index in [9.17, 15) is 9.18 Å². The van der Waals surface area contributed by atoms with Crippen molar-refractivity contribution in [3.05, 3.63) is 53.8 Å². The maximum Gasteiger partial charge on any atom is 0.255 e. The number of carbonyl (C=O) groups is 1. The van der Waals surface area contributed by atoms with Gasteiger partial charge in [0.2, 0.25) is 0 Å². The second-order valence-electron chi connectivity index (χ2n) is 5.77. The maximum absolute atomic E-state index is 13.7. The number of carbonyl (C=O) groups excluding carboxylic acids is 1. The number of benzene rings is 2. The van der Waals surface area contributed by atoms with Crippen molar-refractivity contribution in [3.63, 3.8) is 0 Å². The van der Waals surface area contributed by atoms with E-state index in [0.717, 1.165) is 25.5 Å². The Kier molecular flexibility index (Phi) is 5.50. The van der Waals surface area contributed by atoms with Crippen molar-refractivity contribution in [2.75, 3.05) is 25.6 Å². The van der Waals surface area contributed by atoms with Crippen LogP contribution in [0.3, 0.4) is 0 Å². The van der Waals surface area contributed by atoms with Crippen molar-refractivity contribution in [2.45, 2.75) is 18.9 Å². The van der Waals surface area contributed by atoms with Crippen LogP contribution >= 0.6 is 0 Å². The number of anilines is 1. The van der Waals surface area contributed by atoms with Gasteiger partial charge in [-0.2, -0.15) is 0 Å². The summed E-state index contributed by atoms with van der Waals surface area (Å²) in [5.74, 6) is -0.157. The van der Waals surface area contributed by atoms with E-state index >= 15 is 0 Å². The van der Waals surface area contributed by atoms with Crippen LogP contribution < -0.4 is 14.8 Å². The molecule has 2 aromatic rings. The highest BCUT2D eigenvalue weighted by atomic mass is 19.1. The summed E-state index contributed by atoms with van der Waals surface area (Å²) in [5, 5.41) is 2.72. The molecule has 1 aliphatic heterocycles. The normalized spacial score (nSPS) is 16.5. The molecule has 6 heteroatoms. The van der Waals surface area contributed by atoms with E-state index in [-0.39, 0.29) is 17.4 Å². The molecule has 1 atom stereocenters. The van der Waals surface area contributed by atoms with Crippen LogP contribution in [0.4, 0.5) is 10.1 Å². The Morgan fingerprint density at radius 2 is 2.08 bits per heavy atom. The van der Waals surface area contributed by atoms with Crippen LogP contribution in [0.25, 0.3) is 0 Å². The third kappa shape index (κ3) is 4.48. The number of hydrogen-bond acceptors (Lipinski definition) is 4. The van der Waals surface area contributed by atoms with Crippen molar-refractivity contribution in [1.82, 2.24) is 0 Å². The molecule has 25 heavy (non-hydrogen) atoms. The van der Waals surface area contributed by atoms with Crippen LogP contribution in [0.15, 0.2) is 42.5 Å². The Hall–Kier alpha value is -2.60. The first-order chi connectivity index (χ1) is 12.2. The number of methoxy groups -OCH3 is 1. The van der Waals surface area contributed by atoms with Gasteiger partial charge in [0, 0.05) is 17.9 Å². The molecule has 0 bridgehead atoms. The zero-order valence-corrected chi connectivity index (χ0v) is 14.0. The monoisotopic (exact) mass is 345 g/mol. The van der Waals surface area contributed by atoms with Crippen molar-refractivity contribution in [2.24, 2.45) is 0 Å². The molecule has 3 rings (SSSR count). The maximum atomic E-state index is 13.7. The van der Waals surface area contributed by atoms with Gasteiger partial charge in [-0.15, -0.1) is 0 Å². The smallest absolute Gasteiger partial charge is 0.255 e. The molecule has 2 aromatic carbocycles. The van der Waals surface area contributed by atoms with Gasteiger partial charge >= 0.3 is 0 Å². The van der Waals surface area contributed by atoms with E-state index < -0.39 is 11.7 Å². The van der Waals surface area contributed by atoms with Crippen molar-refractivity contribution in [3.8, 4) is 11.5 Å². The molecular formula is C19H20FNO4. The predicted octanol–water partition coefficient (Wildman–Crippen LogP) is 3.64. The van der Waals surface area contributed by atoms with E-state index in [1.807, 2.05) is 0 Å². The fourth-order valence-corrected chi connectivity index (χ4v) is 2.61. The molecule has 1 unspecified atom stereocenters. The van der Waals surface area contributed by atoms with Gasteiger partial charge in [0.05, 0.1) is 13.2 Å². The summed E-state index contributed by atoms with van der Waals surface area (Å²) in [7, 11) is 1.38. The molecule has 1 aliphatic rings. The third-order valence-electron chi connectivity index (χ3n) is 3.99. The highest BCUT2D eigenvalue weighted by molar-refractivity contribution is 6.04. The Labute approximate surface area is 145 Å². The number of halogens is 1. The lowest BCUT2D eigenvalue weighted by molar-refractivity contribution is 0.0679. The molecule has 1 amide bonds. The van der Waals surface area contributed by atoms with Crippen molar-refractivity contribution in [1.29, 1.82) is 0 Å². The summed E-state index contributed by atoms with van der Waals surface area (Å²) in [6.07, 6.45) is 2.25. The molecule has 0 aliphatic carbocycles. The highest BCUT2D eigenvalue weighted by Gasteiger charge is 2.16. The lowest BCUT2D eigenvalue weighted by Crippen LogP contribution is -2.16. The SMILES string of the molecule is COc1ccc(C(=O)Nc2ccc(OCC3CCCO3)cc2)cc1F. The second kappa shape index (κ2) is 7.98. The summed E-state index contributed by atoms with van der Waals surface area (Å²) >= 11 is 0. The molecule has 1 fully saturated rings. The first-order valence-corrected chi connectivity index (χ1v) is 8.15. The first kappa shape index (κ1) is 17.2. The standard InChI is InChI=1S/C19H20FNO4/c1-23-18-9-4-13(11-17(18)20)19(22)21-14-5-7-15(8-6-14)25-12-16-3-2-10-24-16/h4-9,11,16H,2-3,10,12H2,1H3,(H,21,22). The van der Waals surface area contributed by atoms with E-state index in [4.69, 9.17) is 14.2 Å². The van der Waals surface area contributed by atoms with Gasteiger partial charge < -0.3 is 19.5 Å². The average Bonchev–Trinajstić information content (AvgIpc) is 3.14. The molecule has 5 nitrogen and oxygen atoms in total. The molecular weight excluding hydrogens is 325 g/mol. The molecule has 1 saturated heterocycles. The van der Waals surface area contributed by atoms with Gasteiger partial charge in [-0.25, -0.2) is 4.39 Å². The van der Waals surface area contributed by atoms with Gasteiger partial charge in [0.1, 0.15) is 12.4 Å². The molecule has 132 valence electrons. The van der Waals surface area contributed by atoms with Crippen LogP contribution in [0.5, 0.6) is 11.5 Å². The second-order valence-corrected chi connectivity index (χ2v) is 5.77. The van der Waals surface area contributed by atoms with E-state index in [1.165, 1.54) is 19.2 Å². The van der Waals surface area contributed by atoms with Gasteiger partial charge in [-0.3, -0.25) is 4.79 Å². The third-order valence-corrected chi connectivity index (χ3v) is 3.99. The van der Waals surface area contributed by atoms with Crippen molar-refractivity contribution < 1.29 is 23.4 Å². The molecule has 0 radical (unpaired) electrons. The summed E-state index contributed by atoms with van der Waals surface area (Å²) in [4.78, 5) is 12.2. The Bertz CT molecular complexity index is 727. The first-order valence-electron chi connectivity index (χ1n) is 8.15. The van der Waals surface area contributed by atoms with Crippen LogP contribution in [0.2, 0.25) is 0 Å². The number of rotatable bonds is 6. The van der Waals surface area contributed by atoms with Gasteiger partial charge in [0.15, 0.2) is 11.6 Å². The van der Waals surface area contributed by atoms with Gasteiger partial charge in [-0.05, 0) is 55.3 Å². The Balaban J connectivity index is 1.56. The summed E-state index contributed by atoms with van der Waals surface area (Å²) in [5.41, 5.74) is 0.822. The zero-order valence-electron chi connectivity index (χ0n) is 14.0. The average molecular weight is 345 g/mol.